The molecule has 1 fully saturated rings. The summed E-state index contributed by atoms with van der Waals surface area (Å²) in [4.78, 5) is 0. The van der Waals surface area contributed by atoms with E-state index in [1.54, 1.807) is 0 Å². The standard InChI is InChI=1S/C18H29N/c1-4-19-18-9-7-5-6-8-17(18)13-16-11-14(2)10-15(3)12-16/h10-12,17-19H,4-9,13H2,1-3H3. The first kappa shape index (κ1) is 14.6. The summed E-state index contributed by atoms with van der Waals surface area (Å²) >= 11 is 0. The lowest BCUT2D eigenvalue weighted by Crippen LogP contribution is -2.36. The molecule has 2 atom stereocenters. The lowest BCUT2D eigenvalue weighted by Gasteiger charge is -2.26. The van der Waals surface area contributed by atoms with E-state index in [0.717, 1.165) is 18.5 Å². The van der Waals surface area contributed by atoms with E-state index in [4.69, 9.17) is 0 Å². The number of aryl methyl sites for hydroxylation is 2. The molecule has 0 bridgehead atoms. The minimum absolute atomic E-state index is 0.730. The van der Waals surface area contributed by atoms with Crippen molar-refractivity contribution in [1.82, 2.24) is 5.32 Å². The quantitative estimate of drug-likeness (QED) is 0.790. The van der Waals surface area contributed by atoms with Crippen molar-refractivity contribution in [3.8, 4) is 0 Å². The Kier molecular flexibility index (Phi) is 5.45. The molecule has 1 nitrogen and oxygen atoms in total. The first-order valence-corrected chi connectivity index (χ1v) is 7.99. The van der Waals surface area contributed by atoms with Crippen LogP contribution in [0.15, 0.2) is 18.2 Å². The van der Waals surface area contributed by atoms with Gasteiger partial charge in [-0.15, -0.1) is 0 Å². The number of hydrogen-bond donors (Lipinski definition) is 1. The van der Waals surface area contributed by atoms with Crippen LogP contribution in [0.25, 0.3) is 0 Å². The van der Waals surface area contributed by atoms with Crippen LogP contribution in [0.2, 0.25) is 0 Å². The molecule has 106 valence electrons. The summed E-state index contributed by atoms with van der Waals surface area (Å²) in [7, 11) is 0. The summed E-state index contributed by atoms with van der Waals surface area (Å²) in [6, 6.07) is 7.76. The monoisotopic (exact) mass is 259 g/mol. The minimum atomic E-state index is 0.730. The fourth-order valence-corrected chi connectivity index (χ4v) is 3.65. The van der Waals surface area contributed by atoms with Crippen molar-refractivity contribution in [2.24, 2.45) is 5.92 Å². The van der Waals surface area contributed by atoms with Gasteiger partial charge in [0.15, 0.2) is 0 Å². The zero-order chi connectivity index (χ0) is 13.7. The second-order valence-electron chi connectivity index (χ2n) is 6.26. The molecule has 0 heterocycles. The molecule has 1 aromatic carbocycles. The van der Waals surface area contributed by atoms with Crippen molar-refractivity contribution in [3.05, 3.63) is 34.9 Å². The van der Waals surface area contributed by atoms with Crippen LogP contribution in [0.1, 0.15) is 55.7 Å². The predicted molar refractivity (Wildman–Crippen MR) is 83.7 cm³/mol. The molecule has 2 unspecified atom stereocenters. The molecule has 0 saturated heterocycles. The van der Waals surface area contributed by atoms with E-state index in [0.29, 0.717) is 0 Å². The molecule has 1 heteroatoms. The highest BCUT2D eigenvalue weighted by atomic mass is 14.9. The summed E-state index contributed by atoms with van der Waals surface area (Å²) in [6.07, 6.45) is 8.25. The Morgan fingerprint density at radius 2 is 1.68 bits per heavy atom. The van der Waals surface area contributed by atoms with Crippen LogP contribution >= 0.6 is 0 Å². The maximum absolute atomic E-state index is 3.72. The van der Waals surface area contributed by atoms with Gasteiger partial charge in [0.05, 0.1) is 0 Å². The molecule has 0 aromatic heterocycles. The second kappa shape index (κ2) is 7.09. The van der Waals surface area contributed by atoms with Gasteiger partial charge in [-0.2, -0.15) is 0 Å². The Hall–Kier alpha value is -0.820. The van der Waals surface area contributed by atoms with Gasteiger partial charge in [0.1, 0.15) is 0 Å². The van der Waals surface area contributed by atoms with Crippen molar-refractivity contribution in [2.45, 2.75) is 65.3 Å². The van der Waals surface area contributed by atoms with Gasteiger partial charge in [0.25, 0.3) is 0 Å². The predicted octanol–water partition coefficient (Wildman–Crippen LogP) is 4.40. The van der Waals surface area contributed by atoms with Crippen LogP contribution in [0.5, 0.6) is 0 Å². The molecule has 0 amide bonds. The molecule has 1 N–H and O–H groups in total. The first-order valence-electron chi connectivity index (χ1n) is 7.99. The van der Waals surface area contributed by atoms with Gasteiger partial charge < -0.3 is 5.32 Å². The van der Waals surface area contributed by atoms with Crippen LogP contribution in [-0.4, -0.2) is 12.6 Å². The maximum Gasteiger partial charge on any atom is 0.00983 e. The van der Waals surface area contributed by atoms with E-state index in [9.17, 15) is 0 Å². The molecule has 0 aliphatic heterocycles. The molecule has 0 spiro atoms. The normalized spacial score (nSPS) is 24.2. The third kappa shape index (κ3) is 4.35. The SMILES string of the molecule is CCNC1CCCCCC1Cc1cc(C)cc(C)c1. The van der Waals surface area contributed by atoms with Crippen molar-refractivity contribution in [3.63, 3.8) is 0 Å². The van der Waals surface area contributed by atoms with Gasteiger partial charge in [-0.05, 0) is 51.1 Å². The Balaban J connectivity index is 2.08. The highest BCUT2D eigenvalue weighted by molar-refractivity contribution is 5.29. The lowest BCUT2D eigenvalue weighted by atomic mass is 9.87. The van der Waals surface area contributed by atoms with E-state index in [1.807, 2.05) is 0 Å². The molecule has 19 heavy (non-hydrogen) atoms. The lowest BCUT2D eigenvalue weighted by molar-refractivity contribution is 0.337. The third-order valence-electron chi connectivity index (χ3n) is 4.40. The van der Waals surface area contributed by atoms with Crippen LogP contribution < -0.4 is 5.32 Å². The van der Waals surface area contributed by atoms with Gasteiger partial charge >= 0.3 is 0 Å². The molecule has 2 rings (SSSR count). The number of rotatable bonds is 4. The zero-order valence-corrected chi connectivity index (χ0v) is 12.8. The zero-order valence-electron chi connectivity index (χ0n) is 12.8. The van der Waals surface area contributed by atoms with E-state index < -0.39 is 0 Å². The van der Waals surface area contributed by atoms with Crippen LogP contribution in [0.4, 0.5) is 0 Å². The van der Waals surface area contributed by atoms with E-state index in [-0.39, 0.29) is 0 Å². The summed E-state index contributed by atoms with van der Waals surface area (Å²) in [5.41, 5.74) is 4.35. The van der Waals surface area contributed by atoms with Crippen LogP contribution in [0.3, 0.4) is 0 Å². The number of benzene rings is 1. The molecule has 1 saturated carbocycles. The van der Waals surface area contributed by atoms with Crippen molar-refractivity contribution < 1.29 is 0 Å². The van der Waals surface area contributed by atoms with Crippen molar-refractivity contribution in [2.75, 3.05) is 6.54 Å². The molecule has 1 aromatic rings. The summed E-state index contributed by atoms with van der Waals surface area (Å²) in [6.45, 7) is 7.77. The Morgan fingerprint density at radius 1 is 1.00 bits per heavy atom. The number of hydrogen-bond acceptors (Lipinski definition) is 1. The van der Waals surface area contributed by atoms with Gasteiger partial charge in [-0.25, -0.2) is 0 Å². The average Bonchev–Trinajstić information content (AvgIpc) is 2.55. The van der Waals surface area contributed by atoms with Gasteiger partial charge in [-0.1, -0.05) is 55.5 Å². The fourth-order valence-electron chi connectivity index (χ4n) is 3.65. The van der Waals surface area contributed by atoms with E-state index >= 15 is 0 Å². The maximum atomic E-state index is 3.72. The Bertz CT molecular complexity index is 376. The molecule has 1 aliphatic carbocycles. The third-order valence-corrected chi connectivity index (χ3v) is 4.40. The molecular formula is C18H29N. The summed E-state index contributed by atoms with van der Waals surface area (Å²) < 4.78 is 0. The second-order valence-corrected chi connectivity index (χ2v) is 6.26. The fraction of sp³-hybridized carbons (Fsp3) is 0.667. The van der Waals surface area contributed by atoms with Crippen molar-refractivity contribution >= 4 is 0 Å². The highest BCUT2D eigenvalue weighted by Crippen LogP contribution is 2.27. The van der Waals surface area contributed by atoms with Gasteiger partial charge in [0.2, 0.25) is 0 Å². The minimum Gasteiger partial charge on any atom is -0.314 e. The molecular weight excluding hydrogens is 230 g/mol. The number of nitrogens with one attached hydrogen (secondary N) is 1. The summed E-state index contributed by atoms with van der Waals surface area (Å²) in [5.74, 6) is 0.823. The van der Waals surface area contributed by atoms with Crippen molar-refractivity contribution in [1.29, 1.82) is 0 Å². The van der Waals surface area contributed by atoms with E-state index in [2.05, 4.69) is 44.3 Å². The summed E-state index contributed by atoms with van der Waals surface area (Å²) in [5, 5.41) is 3.72. The van der Waals surface area contributed by atoms with E-state index in [1.165, 1.54) is 55.2 Å². The largest absolute Gasteiger partial charge is 0.314 e. The molecule has 0 radical (unpaired) electrons. The van der Waals surface area contributed by atoms with Crippen LogP contribution in [0, 0.1) is 19.8 Å². The van der Waals surface area contributed by atoms with Crippen LogP contribution in [-0.2, 0) is 6.42 Å². The Morgan fingerprint density at radius 3 is 2.37 bits per heavy atom. The smallest absolute Gasteiger partial charge is 0.00983 e. The first-order chi connectivity index (χ1) is 9.19. The van der Waals surface area contributed by atoms with Gasteiger partial charge in [0, 0.05) is 6.04 Å². The van der Waals surface area contributed by atoms with Gasteiger partial charge in [-0.3, -0.25) is 0 Å². The highest BCUT2D eigenvalue weighted by Gasteiger charge is 2.23. The average molecular weight is 259 g/mol. The molecule has 1 aliphatic rings. The Labute approximate surface area is 118 Å². The topological polar surface area (TPSA) is 12.0 Å².